The van der Waals surface area contributed by atoms with Crippen molar-refractivity contribution in [2.75, 3.05) is 5.32 Å². The maximum atomic E-state index is 12.1. The Morgan fingerprint density at radius 1 is 0.852 bits per heavy atom. The number of amides is 3. The van der Waals surface area contributed by atoms with Crippen molar-refractivity contribution >= 4 is 40.7 Å². The topological polar surface area (TPSA) is 99.3 Å². The summed E-state index contributed by atoms with van der Waals surface area (Å²) in [6.07, 6.45) is 1.21. The number of hydrogen-bond acceptors (Lipinski definition) is 4. The molecule has 2 aromatic carbocycles. The smallest absolute Gasteiger partial charge is 0.269 e. The Kier molecular flexibility index (Phi) is 7.45. The fourth-order valence-corrected chi connectivity index (χ4v) is 2.28. The summed E-state index contributed by atoms with van der Waals surface area (Å²) >= 11 is 4.99. The standard InChI is InChI=1S/C19H20N4O3S/c1-2-6-16(24)20-15-11-9-14(10-12-15)18(26)22-23-19(27)21-17(25)13-7-4-3-5-8-13/h3-5,7-12H,2,6H2,1H3,(H,20,24)(H,22,26)(H2,21,23,25,27). The van der Waals surface area contributed by atoms with E-state index in [9.17, 15) is 14.4 Å². The van der Waals surface area contributed by atoms with E-state index in [-0.39, 0.29) is 16.9 Å². The highest BCUT2D eigenvalue weighted by Crippen LogP contribution is 2.10. The first-order chi connectivity index (χ1) is 13.0. The van der Waals surface area contributed by atoms with E-state index >= 15 is 0 Å². The van der Waals surface area contributed by atoms with E-state index in [2.05, 4.69) is 21.5 Å². The van der Waals surface area contributed by atoms with Gasteiger partial charge in [-0.1, -0.05) is 25.1 Å². The second-order valence-electron chi connectivity index (χ2n) is 5.60. The molecule has 8 heteroatoms. The highest BCUT2D eigenvalue weighted by molar-refractivity contribution is 7.80. The lowest BCUT2D eigenvalue weighted by atomic mass is 10.2. The molecule has 0 bridgehead atoms. The van der Waals surface area contributed by atoms with Gasteiger partial charge in [0.25, 0.3) is 11.8 Å². The molecule has 0 aliphatic rings. The third-order valence-electron chi connectivity index (χ3n) is 3.46. The van der Waals surface area contributed by atoms with Gasteiger partial charge in [-0.3, -0.25) is 30.6 Å². The third kappa shape index (κ3) is 6.52. The zero-order chi connectivity index (χ0) is 19.6. The van der Waals surface area contributed by atoms with Gasteiger partial charge in [0, 0.05) is 23.2 Å². The number of carbonyl (C=O) groups excluding carboxylic acids is 3. The summed E-state index contributed by atoms with van der Waals surface area (Å²) in [7, 11) is 0. The normalized spacial score (nSPS) is 9.81. The summed E-state index contributed by atoms with van der Waals surface area (Å²) in [5.74, 6) is -0.886. The second kappa shape index (κ2) is 10.0. The number of thiocarbonyl (C=S) groups is 1. The van der Waals surface area contributed by atoms with Gasteiger partial charge >= 0.3 is 0 Å². The molecular formula is C19H20N4O3S. The van der Waals surface area contributed by atoms with Gasteiger partial charge in [0.2, 0.25) is 5.91 Å². The monoisotopic (exact) mass is 384 g/mol. The van der Waals surface area contributed by atoms with Gasteiger partial charge in [0.05, 0.1) is 0 Å². The van der Waals surface area contributed by atoms with E-state index in [0.29, 0.717) is 23.2 Å². The van der Waals surface area contributed by atoms with Gasteiger partial charge in [-0.2, -0.15) is 0 Å². The molecule has 2 rings (SSSR count). The van der Waals surface area contributed by atoms with Gasteiger partial charge in [-0.15, -0.1) is 0 Å². The average Bonchev–Trinajstić information content (AvgIpc) is 2.67. The maximum Gasteiger partial charge on any atom is 0.269 e. The van der Waals surface area contributed by atoms with Gasteiger partial charge in [-0.05, 0) is 55.0 Å². The van der Waals surface area contributed by atoms with E-state index < -0.39 is 5.91 Å². The first-order valence-electron chi connectivity index (χ1n) is 8.36. The van der Waals surface area contributed by atoms with Crippen molar-refractivity contribution in [3.8, 4) is 0 Å². The van der Waals surface area contributed by atoms with Crippen molar-refractivity contribution in [3.63, 3.8) is 0 Å². The van der Waals surface area contributed by atoms with Crippen LogP contribution >= 0.6 is 12.2 Å². The molecule has 7 nitrogen and oxygen atoms in total. The van der Waals surface area contributed by atoms with Crippen LogP contribution in [0.1, 0.15) is 40.5 Å². The quantitative estimate of drug-likeness (QED) is 0.469. The van der Waals surface area contributed by atoms with Crippen molar-refractivity contribution in [3.05, 3.63) is 65.7 Å². The summed E-state index contributed by atoms with van der Waals surface area (Å²) < 4.78 is 0. The predicted octanol–water partition coefficient (Wildman–Crippen LogP) is 2.37. The van der Waals surface area contributed by atoms with E-state index in [4.69, 9.17) is 12.2 Å². The van der Waals surface area contributed by atoms with Crippen LogP contribution in [0.3, 0.4) is 0 Å². The average molecular weight is 384 g/mol. The minimum absolute atomic E-state index is 0.0272. The highest BCUT2D eigenvalue weighted by Gasteiger charge is 2.09. The van der Waals surface area contributed by atoms with Gasteiger partial charge < -0.3 is 5.32 Å². The summed E-state index contributed by atoms with van der Waals surface area (Å²) in [5.41, 5.74) is 6.31. The minimum atomic E-state index is -0.433. The van der Waals surface area contributed by atoms with Crippen LogP contribution < -0.4 is 21.5 Å². The molecule has 0 heterocycles. The largest absolute Gasteiger partial charge is 0.326 e. The molecule has 0 unspecified atom stereocenters. The highest BCUT2D eigenvalue weighted by atomic mass is 32.1. The van der Waals surface area contributed by atoms with Crippen molar-refractivity contribution < 1.29 is 14.4 Å². The van der Waals surface area contributed by atoms with E-state index in [1.165, 1.54) is 0 Å². The van der Waals surface area contributed by atoms with Crippen molar-refractivity contribution in [1.29, 1.82) is 0 Å². The van der Waals surface area contributed by atoms with Crippen LogP contribution in [0.25, 0.3) is 0 Å². The van der Waals surface area contributed by atoms with E-state index in [0.717, 1.165) is 6.42 Å². The molecule has 0 saturated heterocycles. The number of hydrogen-bond donors (Lipinski definition) is 4. The van der Waals surface area contributed by atoms with Gasteiger partial charge in [-0.25, -0.2) is 0 Å². The molecule has 0 atom stereocenters. The molecule has 0 radical (unpaired) electrons. The van der Waals surface area contributed by atoms with E-state index in [1.54, 1.807) is 54.6 Å². The summed E-state index contributed by atoms with van der Waals surface area (Å²) in [4.78, 5) is 35.6. The molecule has 27 heavy (non-hydrogen) atoms. The third-order valence-corrected chi connectivity index (χ3v) is 3.66. The molecule has 0 aromatic heterocycles. The molecule has 0 fully saturated rings. The van der Waals surface area contributed by atoms with Gasteiger partial charge in [0.1, 0.15) is 0 Å². The Labute approximate surface area is 162 Å². The van der Waals surface area contributed by atoms with Crippen LogP contribution in [0.5, 0.6) is 0 Å². The van der Waals surface area contributed by atoms with Crippen LogP contribution in [0, 0.1) is 0 Å². The molecule has 0 aliphatic heterocycles. The zero-order valence-electron chi connectivity index (χ0n) is 14.7. The molecular weight excluding hydrogens is 364 g/mol. The molecule has 140 valence electrons. The van der Waals surface area contributed by atoms with E-state index in [1.807, 2.05) is 6.92 Å². The lowest BCUT2D eigenvalue weighted by Gasteiger charge is -2.11. The summed E-state index contributed by atoms with van der Waals surface area (Å²) in [5, 5.41) is 5.18. The fourth-order valence-electron chi connectivity index (χ4n) is 2.14. The lowest BCUT2D eigenvalue weighted by molar-refractivity contribution is -0.116. The number of benzene rings is 2. The predicted molar refractivity (Wildman–Crippen MR) is 107 cm³/mol. The first kappa shape index (κ1) is 20.1. The molecule has 0 aliphatic carbocycles. The Hall–Kier alpha value is -3.26. The number of hydrazine groups is 1. The lowest BCUT2D eigenvalue weighted by Crippen LogP contribution is -2.48. The Bertz CT molecular complexity index is 823. The molecule has 3 amide bonds. The SMILES string of the molecule is CCCC(=O)Nc1ccc(C(=O)NNC(=S)NC(=O)c2ccccc2)cc1. The molecule has 4 N–H and O–H groups in total. The Balaban J connectivity index is 1.82. The molecule has 2 aromatic rings. The van der Waals surface area contributed by atoms with Gasteiger partial charge in [0.15, 0.2) is 5.11 Å². The number of nitrogens with one attached hydrogen (secondary N) is 4. The maximum absolute atomic E-state index is 12.1. The van der Waals surface area contributed by atoms with Crippen LogP contribution in [0.4, 0.5) is 5.69 Å². The Morgan fingerprint density at radius 3 is 2.11 bits per heavy atom. The fraction of sp³-hybridized carbons (Fsp3) is 0.158. The zero-order valence-corrected chi connectivity index (χ0v) is 15.6. The van der Waals surface area contributed by atoms with Crippen LogP contribution in [0.15, 0.2) is 54.6 Å². The van der Waals surface area contributed by atoms with Crippen molar-refractivity contribution in [2.24, 2.45) is 0 Å². The Morgan fingerprint density at radius 2 is 1.48 bits per heavy atom. The minimum Gasteiger partial charge on any atom is -0.326 e. The molecule has 0 saturated carbocycles. The first-order valence-corrected chi connectivity index (χ1v) is 8.77. The summed E-state index contributed by atoms with van der Waals surface area (Å²) in [6, 6.07) is 15.0. The van der Waals surface area contributed by atoms with Crippen LogP contribution in [-0.4, -0.2) is 22.8 Å². The number of rotatable bonds is 5. The number of anilines is 1. The second-order valence-corrected chi connectivity index (χ2v) is 6.01. The van der Waals surface area contributed by atoms with Crippen LogP contribution in [0.2, 0.25) is 0 Å². The summed E-state index contributed by atoms with van der Waals surface area (Å²) in [6.45, 7) is 1.92. The van der Waals surface area contributed by atoms with Crippen molar-refractivity contribution in [2.45, 2.75) is 19.8 Å². The van der Waals surface area contributed by atoms with Crippen molar-refractivity contribution in [1.82, 2.24) is 16.2 Å². The number of carbonyl (C=O) groups is 3. The van der Waals surface area contributed by atoms with Crippen LogP contribution in [-0.2, 0) is 4.79 Å². The molecule has 0 spiro atoms.